The third kappa shape index (κ3) is 8.36. The average Bonchev–Trinajstić information content (AvgIpc) is 2.90. The highest BCUT2D eigenvalue weighted by molar-refractivity contribution is 7.92. The van der Waals surface area contributed by atoms with E-state index in [0.29, 0.717) is 43.4 Å². The molecule has 0 bridgehead atoms. The topological polar surface area (TPSA) is 105 Å². The number of benzene rings is 2. The molecular formula is C29H41N3O6S. The molecule has 1 aliphatic heterocycles. The first-order chi connectivity index (χ1) is 18.5. The molecule has 3 rings (SSSR count). The standard InChI is InChI=1S/C29H41N3O6S/c1-6-22(4)30-29(34)25(7-2)31(20-23-12-10-21(3)11-13-23)28(33)9-8-16-32(39(5,35)36)24-14-15-26-27(19-24)38-18-17-37-26/h10-15,19,22,25H,6-9,16-18,20H2,1-5H3,(H,30,34)/t22-,25+/m0/s1. The second-order valence-electron chi connectivity index (χ2n) is 10.0. The van der Waals surface area contributed by atoms with Crippen molar-refractivity contribution in [3.8, 4) is 11.5 Å². The van der Waals surface area contributed by atoms with Gasteiger partial charge in [0.05, 0.1) is 11.9 Å². The Kier molecular flexibility index (Phi) is 10.6. The third-order valence-electron chi connectivity index (χ3n) is 6.83. The average molecular weight is 560 g/mol. The van der Waals surface area contributed by atoms with Gasteiger partial charge >= 0.3 is 0 Å². The summed E-state index contributed by atoms with van der Waals surface area (Å²) in [7, 11) is -3.62. The molecule has 9 nitrogen and oxygen atoms in total. The highest BCUT2D eigenvalue weighted by Gasteiger charge is 2.29. The van der Waals surface area contributed by atoms with E-state index in [1.807, 2.05) is 52.0 Å². The van der Waals surface area contributed by atoms with Gasteiger partial charge in [-0.25, -0.2) is 8.42 Å². The lowest BCUT2D eigenvalue weighted by Gasteiger charge is -2.32. The highest BCUT2D eigenvalue weighted by atomic mass is 32.2. The minimum absolute atomic E-state index is 0.00260. The maximum atomic E-state index is 13.6. The molecular weight excluding hydrogens is 518 g/mol. The number of carbonyl (C=O) groups is 2. The molecule has 39 heavy (non-hydrogen) atoms. The number of nitrogens with zero attached hydrogens (tertiary/aromatic N) is 2. The lowest BCUT2D eigenvalue weighted by molar-refractivity contribution is -0.141. The Morgan fingerprint density at radius 3 is 2.28 bits per heavy atom. The van der Waals surface area contributed by atoms with Crippen LogP contribution in [0.5, 0.6) is 11.5 Å². The zero-order chi connectivity index (χ0) is 28.6. The van der Waals surface area contributed by atoms with Crippen molar-refractivity contribution >= 4 is 27.5 Å². The number of fused-ring (bicyclic) bond motifs is 1. The van der Waals surface area contributed by atoms with Crippen LogP contribution >= 0.6 is 0 Å². The SMILES string of the molecule is CC[C@H](C(=O)N[C@@H](C)CC)N(Cc1ccc(C)cc1)C(=O)CCCN(c1ccc2c(c1)OCCO2)S(C)(=O)=O. The second kappa shape index (κ2) is 13.7. The van der Waals surface area contributed by atoms with Gasteiger partial charge in [0.2, 0.25) is 21.8 Å². The van der Waals surface area contributed by atoms with E-state index >= 15 is 0 Å². The van der Waals surface area contributed by atoms with Gasteiger partial charge in [0.15, 0.2) is 11.5 Å². The summed E-state index contributed by atoms with van der Waals surface area (Å²) in [4.78, 5) is 28.3. The molecule has 0 aliphatic carbocycles. The summed E-state index contributed by atoms with van der Waals surface area (Å²) in [5.41, 5.74) is 2.49. The molecule has 0 saturated heterocycles. The van der Waals surface area contributed by atoms with Crippen LogP contribution in [0.15, 0.2) is 42.5 Å². The lowest BCUT2D eigenvalue weighted by atomic mass is 10.1. The Labute approximate surface area is 232 Å². The number of sulfonamides is 1. The van der Waals surface area contributed by atoms with Crippen molar-refractivity contribution in [1.29, 1.82) is 0 Å². The Hall–Kier alpha value is -3.27. The van der Waals surface area contributed by atoms with Gasteiger partial charge in [-0.05, 0) is 50.8 Å². The third-order valence-corrected chi connectivity index (χ3v) is 8.02. The van der Waals surface area contributed by atoms with Gasteiger partial charge in [-0.15, -0.1) is 0 Å². The van der Waals surface area contributed by atoms with Gasteiger partial charge in [-0.1, -0.05) is 43.7 Å². The molecule has 1 N–H and O–H groups in total. The van der Waals surface area contributed by atoms with Gasteiger partial charge in [0.25, 0.3) is 0 Å². The number of hydrogen-bond donors (Lipinski definition) is 1. The highest BCUT2D eigenvalue weighted by Crippen LogP contribution is 2.34. The van der Waals surface area contributed by atoms with Crippen LogP contribution in [-0.2, 0) is 26.2 Å². The van der Waals surface area contributed by atoms with Crippen molar-refractivity contribution in [2.45, 2.75) is 72.0 Å². The molecule has 2 atom stereocenters. The Morgan fingerprint density at radius 2 is 1.67 bits per heavy atom. The van der Waals surface area contributed by atoms with Crippen molar-refractivity contribution in [2.24, 2.45) is 0 Å². The number of amides is 2. The number of anilines is 1. The van der Waals surface area contributed by atoms with Crippen molar-refractivity contribution in [2.75, 3.05) is 30.3 Å². The van der Waals surface area contributed by atoms with Crippen LogP contribution in [0.3, 0.4) is 0 Å². The maximum absolute atomic E-state index is 13.6. The summed E-state index contributed by atoms with van der Waals surface area (Å²) < 4.78 is 37.8. The molecule has 0 aromatic heterocycles. The Morgan fingerprint density at radius 1 is 1.00 bits per heavy atom. The van der Waals surface area contributed by atoms with E-state index < -0.39 is 16.1 Å². The maximum Gasteiger partial charge on any atom is 0.243 e. The molecule has 2 amide bonds. The van der Waals surface area contributed by atoms with E-state index in [0.717, 1.165) is 23.8 Å². The van der Waals surface area contributed by atoms with Crippen molar-refractivity contribution < 1.29 is 27.5 Å². The first-order valence-electron chi connectivity index (χ1n) is 13.6. The molecule has 0 radical (unpaired) electrons. The second-order valence-corrected chi connectivity index (χ2v) is 11.9. The minimum atomic E-state index is -3.62. The number of nitrogens with one attached hydrogen (secondary N) is 1. The number of aryl methyl sites for hydroxylation is 1. The molecule has 10 heteroatoms. The van der Waals surface area contributed by atoms with Gasteiger partial charge in [0.1, 0.15) is 19.3 Å². The summed E-state index contributed by atoms with van der Waals surface area (Å²) in [5, 5.41) is 3.01. The normalized spacial score (nSPS) is 14.3. The molecule has 0 fully saturated rings. The smallest absolute Gasteiger partial charge is 0.243 e. The molecule has 1 aliphatic rings. The predicted molar refractivity (Wildman–Crippen MR) is 153 cm³/mol. The quantitative estimate of drug-likeness (QED) is 0.397. The summed E-state index contributed by atoms with van der Waals surface area (Å²) in [6.07, 6.45) is 2.77. The van der Waals surface area contributed by atoms with Crippen LogP contribution in [0.4, 0.5) is 5.69 Å². The monoisotopic (exact) mass is 559 g/mol. The van der Waals surface area contributed by atoms with Crippen molar-refractivity contribution in [3.05, 3.63) is 53.6 Å². The fraction of sp³-hybridized carbons (Fsp3) is 0.517. The van der Waals surface area contributed by atoms with Crippen LogP contribution in [-0.4, -0.2) is 63.2 Å². The number of carbonyl (C=O) groups excluding carboxylic acids is 2. The summed E-state index contributed by atoms with van der Waals surface area (Å²) in [6, 6.07) is 12.3. The lowest BCUT2D eigenvalue weighted by Crippen LogP contribution is -2.50. The van der Waals surface area contributed by atoms with Crippen LogP contribution < -0.4 is 19.1 Å². The van der Waals surface area contributed by atoms with Gasteiger partial charge < -0.3 is 19.7 Å². The first-order valence-corrected chi connectivity index (χ1v) is 15.4. The van der Waals surface area contributed by atoms with Crippen molar-refractivity contribution in [1.82, 2.24) is 10.2 Å². The van der Waals surface area contributed by atoms with Gasteiger partial charge in [-0.3, -0.25) is 13.9 Å². The molecule has 2 aromatic rings. The summed E-state index contributed by atoms with van der Waals surface area (Å²) >= 11 is 0. The van der Waals surface area contributed by atoms with Crippen LogP contribution in [0.25, 0.3) is 0 Å². The summed E-state index contributed by atoms with van der Waals surface area (Å²) in [5.74, 6) is 0.686. The van der Waals surface area contributed by atoms with E-state index in [2.05, 4.69) is 5.32 Å². The van der Waals surface area contributed by atoms with Crippen molar-refractivity contribution in [3.63, 3.8) is 0 Å². The van der Waals surface area contributed by atoms with Crippen LogP contribution in [0.2, 0.25) is 0 Å². The predicted octanol–water partition coefficient (Wildman–Crippen LogP) is 4.03. The van der Waals surface area contributed by atoms with Gasteiger partial charge in [0, 0.05) is 31.6 Å². The number of ether oxygens (including phenoxy) is 2. The fourth-order valence-electron chi connectivity index (χ4n) is 4.44. The fourth-order valence-corrected chi connectivity index (χ4v) is 5.40. The first kappa shape index (κ1) is 30.3. The van der Waals surface area contributed by atoms with E-state index in [1.165, 1.54) is 4.31 Å². The number of rotatable bonds is 13. The molecule has 0 spiro atoms. The molecule has 0 unspecified atom stereocenters. The molecule has 1 heterocycles. The zero-order valence-electron chi connectivity index (χ0n) is 23.6. The van der Waals surface area contributed by atoms with Crippen LogP contribution in [0, 0.1) is 6.92 Å². The zero-order valence-corrected chi connectivity index (χ0v) is 24.4. The number of hydrogen-bond acceptors (Lipinski definition) is 6. The van der Waals surface area contributed by atoms with E-state index in [-0.39, 0.29) is 37.2 Å². The molecule has 2 aromatic carbocycles. The van der Waals surface area contributed by atoms with E-state index in [4.69, 9.17) is 9.47 Å². The van der Waals surface area contributed by atoms with Gasteiger partial charge in [-0.2, -0.15) is 0 Å². The molecule has 0 saturated carbocycles. The largest absolute Gasteiger partial charge is 0.486 e. The van der Waals surface area contributed by atoms with E-state index in [9.17, 15) is 18.0 Å². The minimum Gasteiger partial charge on any atom is -0.486 e. The van der Waals surface area contributed by atoms with E-state index in [1.54, 1.807) is 23.1 Å². The Bertz CT molecular complexity index is 1230. The Balaban J connectivity index is 1.77. The summed E-state index contributed by atoms with van der Waals surface area (Å²) in [6.45, 7) is 9.06. The van der Waals surface area contributed by atoms with Crippen LogP contribution in [0.1, 0.15) is 57.6 Å². The molecule has 214 valence electrons.